The fourth-order valence-corrected chi connectivity index (χ4v) is 3.63. The van der Waals surface area contributed by atoms with E-state index in [1.165, 1.54) is 0 Å². The first-order valence-corrected chi connectivity index (χ1v) is 11.0. The number of hydrogen-bond donors (Lipinski definition) is 1. The van der Waals surface area contributed by atoms with Crippen LogP contribution in [0.2, 0.25) is 0 Å². The molecule has 1 aromatic carbocycles. The highest BCUT2D eigenvalue weighted by Gasteiger charge is 2.29. The largest absolute Gasteiger partial charge is 0.466 e. The van der Waals surface area contributed by atoms with Crippen molar-refractivity contribution in [2.75, 3.05) is 38.1 Å². The van der Waals surface area contributed by atoms with E-state index < -0.39 is 0 Å². The van der Waals surface area contributed by atoms with Gasteiger partial charge in [0.2, 0.25) is 5.91 Å². The minimum Gasteiger partial charge on any atom is -0.466 e. The Morgan fingerprint density at radius 2 is 2.03 bits per heavy atom. The molecule has 0 aromatic heterocycles. The van der Waals surface area contributed by atoms with Gasteiger partial charge in [-0.3, -0.25) is 9.59 Å². The molecule has 1 aliphatic rings. The topological polar surface area (TPSA) is 79.0 Å². The number of unbranched alkanes of at least 4 members (excludes halogenated alkanes) is 1. The fraction of sp³-hybridized carbons (Fsp3) is 0.609. The predicted octanol–water partition coefficient (Wildman–Crippen LogP) is 3.82. The Hall–Kier alpha value is -2.57. The van der Waals surface area contributed by atoms with Crippen LogP contribution in [-0.2, 0) is 14.3 Å². The number of ether oxygens (including phenoxy) is 1. The number of anilines is 1. The van der Waals surface area contributed by atoms with Crippen LogP contribution in [0.25, 0.3) is 0 Å². The number of urea groups is 1. The molecule has 0 spiro atoms. The number of piperidine rings is 1. The van der Waals surface area contributed by atoms with E-state index in [9.17, 15) is 14.4 Å². The van der Waals surface area contributed by atoms with Crippen LogP contribution in [0.5, 0.6) is 0 Å². The van der Waals surface area contributed by atoms with Gasteiger partial charge in [-0.2, -0.15) is 0 Å². The molecule has 1 fully saturated rings. The molecule has 0 radical (unpaired) electrons. The lowest BCUT2D eigenvalue weighted by Crippen LogP contribution is -2.44. The van der Waals surface area contributed by atoms with Crippen molar-refractivity contribution in [3.63, 3.8) is 0 Å². The van der Waals surface area contributed by atoms with E-state index in [-0.39, 0.29) is 30.2 Å². The molecule has 1 unspecified atom stereocenters. The molecule has 0 aliphatic carbocycles. The van der Waals surface area contributed by atoms with Crippen molar-refractivity contribution in [1.29, 1.82) is 0 Å². The second-order valence-corrected chi connectivity index (χ2v) is 7.82. The zero-order valence-electron chi connectivity index (χ0n) is 18.5. The third-order valence-electron chi connectivity index (χ3n) is 5.33. The molecule has 7 nitrogen and oxygen atoms in total. The number of aryl methyl sites for hydroxylation is 1. The lowest BCUT2D eigenvalue weighted by Gasteiger charge is -2.32. The Bertz CT molecular complexity index is 722. The van der Waals surface area contributed by atoms with Gasteiger partial charge in [0.25, 0.3) is 0 Å². The third kappa shape index (κ3) is 7.35. The van der Waals surface area contributed by atoms with Crippen LogP contribution < -0.4 is 5.32 Å². The standard InChI is InChI=1S/C23H35N3O4/c1-4-6-13-25(23(29)24-20-11-7-9-18(3)16-20)15-12-21(27)26-14-8-10-19(17-26)22(28)30-5-2/h7,9,11,16,19H,4-6,8,10,12-15,17H2,1-3H3,(H,24,29). The maximum atomic E-state index is 12.8. The van der Waals surface area contributed by atoms with Crippen molar-refractivity contribution in [2.45, 2.75) is 52.9 Å². The maximum absolute atomic E-state index is 12.8. The van der Waals surface area contributed by atoms with Crippen LogP contribution in [0.3, 0.4) is 0 Å². The number of likely N-dealkylation sites (tertiary alicyclic amines) is 1. The van der Waals surface area contributed by atoms with Gasteiger partial charge in [0.1, 0.15) is 0 Å². The zero-order valence-corrected chi connectivity index (χ0v) is 18.5. The van der Waals surface area contributed by atoms with Gasteiger partial charge in [0, 0.05) is 38.3 Å². The highest BCUT2D eigenvalue weighted by molar-refractivity contribution is 5.89. The molecule has 30 heavy (non-hydrogen) atoms. The van der Waals surface area contributed by atoms with Gasteiger partial charge < -0.3 is 19.9 Å². The molecule has 0 bridgehead atoms. The number of nitrogens with one attached hydrogen (secondary N) is 1. The average molecular weight is 418 g/mol. The summed E-state index contributed by atoms with van der Waals surface area (Å²) in [4.78, 5) is 41.0. The van der Waals surface area contributed by atoms with Crippen molar-refractivity contribution < 1.29 is 19.1 Å². The summed E-state index contributed by atoms with van der Waals surface area (Å²) in [5, 5.41) is 2.93. The SMILES string of the molecule is CCCCN(CCC(=O)N1CCCC(C(=O)OCC)C1)C(=O)Nc1cccc(C)c1. The summed E-state index contributed by atoms with van der Waals surface area (Å²) in [6.07, 6.45) is 3.65. The summed E-state index contributed by atoms with van der Waals surface area (Å²) in [5.41, 5.74) is 1.82. The molecule has 1 aromatic rings. The van der Waals surface area contributed by atoms with Gasteiger partial charge in [-0.1, -0.05) is 25.5 Å². The predicted molar refractivity (Wildman–Crippen MR) is 117 cm³/mol. The van der Waals surface area contributed by atoms with Crippen LogP contribution in [0.4, 0.5) is 10.5 Å². The number of nitrogens with zero attached hydrogens (tertiary/aromatic N) is 2. The molecule has 7 heteroatoms. The van der Waals surface area contributed by atoms with E-state index in [2.05, 4.69) is 12.2 Å². The first-order valence-electron chi connectivity index (χ1n) is 11.0. The summed E-state index contributed by atoms with van der Waals surface area (Å²) < 4.78 is 5.11. The van der Waals surface area contributed by atoms with Crippen LogP contribution >= 0.6 is 0 Å². The van der Waals surface area contributed by atoms with Gasteiger partial charge in [-0.05, 0) is 50.8 Å². The minimum absolute atomic E-state index is 0.0196. The fourth-order valence-electron chi connectivity index (χ4n) is 3.63. The molecule has 1 aliphatic heterocycles. The van der Waals surface area contributed by atoms with Crippen LogP contribution in [-0.4, -0.2) is 60.5 Å². The van der Waals surface area contributed by atoms with Crippen molar-refractivity contribution in [2.24, 2.45) is 5.92 Å². The first-order chi connectivity index (χ1) is 14.4. The van der Waals surface area contributed by atoms with E-state index in [1.54, 1.807) is 16.7 Å². The lowest BCUT2D eigenvalue weighted by molar-refractivity contribution is -0.151. The van der Waals surface area contributed by atoms with Crippen LogP contribution in [0.15, 0.2) is 24.3 Å². The van der Waals surface area contributed by atoms with E-state index >= 15 is 0 Å². The number of hydrogen-bond acceptors (Lipinski definition) is 4. The highest BCUT2D eigenvalue weighted by Crippen LogP contribution is 2.19. The van der Waals surface area contributed by atoms with Crippen molar-refractivity contribution in [3.8, 4) is 0 Å². The molecule has 3 amide bonds. The van der Waals surface area contributed by atoms with Gasteiger partial charge in [-0.15, -0.1) is 0 Å². The molecule has 1 heterocycles. The zero-order chi connectivity index (χ0) is 21.9. The maximum Gasteiger partial charge on any atom is 0.321 e. The second-order valence-electron chi connectivity index (χ2n) is 7.82. The number of amides is 3. The summed E-state index contributed by atoms with van der Waals surface area (Å²) in [5.74, 6) is -0.491. The summed E-state index contributed by atoms with van der Waals surface area (Å²) in [6, 6.07) is 7.47. The lowest BCUT2D eigenvalue weighted by atomic mass is 9.98. The molecule has 0 saturated carbocycles. The molecule has 166 valence electrons. The van der Waals surface area contributed by atoms with Crippen LogP contribution in [0.1, 0.15) is 51.5 Å². The Kier molecular flexibility index (Phi) is 9.64. The van der Waals surface area contributed by atoms with Crippen molar-refractivity contribution in [3.05, 3.63) is 29.8 Å². The van der Waals surface area contributed by atoms with E-state index in [0.29, 0.717) is 32.8 Å². The van der Waals surface area contributed by atoms with Gasteiger partial charge in [-0.25, -0.2) is 4.79 Å². The molecular formula is C23H35N3O4. The van der Waals surface area contributed by atoms with Crippen molar-refractivity contribution >= 4 is 23.6 Å². The number of carbonyl (C=O) groups is 3. The molecule has 1 saturated heterocycles. The molecule has 1 atom stereocenters. The van der Waals surface area contributed by atoms with Gasteiger partial charge in [0.05, 0.1) is 12.5 Å². The summed E-state index contributed by atoms with van der Waals surface area (Å²) >= 11 is 0. The number of esters is 1. The first kappa shape index (κ1) is 23.7. The van der Waals surface area contributed by atoms with Crippen molar-refractivity contribution in [1.82, 2.24) is 9.80 Å². The minimum atomic E-state index is -0.247. The van der Waals surface area contributed by atoms with Crippen LogP contribution in [0, 0.1) is 12.8 Å². The average Bonchev–Trinajstić information content (AvgIpc) is 2.73. The second kappa shape index (κ2) is 12.2. The highest BCUT2D eigenvalue weighted by atomic mass is 16.5. The molecular weight excluding hydrogens is 382 g/mol. The number of benzene rings is 1. The van der Waals surface area contributed by atoms with Gasteiger partial charge >= 0.3 is 12.0 Å². The molecule has 2 rings (SSSR count). The Balaban J connectivity index is 1.91. The third-order valence-corrected chi connectivity index (χ3v) is 5.33. The quantitative estimate of drug-likeness (QED) is 0.620. The van der Waals surface area contributed by atoms with E-state index in [1.807, 2.05) is 31.2 Å². The monoisotopic (exact) mass is 417 g/mol. The smallest absolute Gasteiger partial charge is 0.321 e. The Morgan fingerprint density at radius 3 is 2.73 bits per heavy atom. The number of rotatable bonds is 9. The van der Waals surface area contributed by atoms with Gasteiger partial charge in [0.15, 0.2) is 0 Å². The summed E-state index contributed by atoms with van der Waals surface area (Å²) in [6.45, 7) is 8.21. The van der Waals surface area contributed by atoms with E-state index in [0.717, 1.165) is 36.9 Å². The Labute approximate surface area is 179 Å². The number of carbonyl (C=O) groups excluding carboxylic acids is 3. The Morgan fingerprint density at radius 1 is 1.23 bits per heavy atom. The summed E-state index contributed by atoms with van der Waals surface area (Å²) in [7, 11) is 0. The van der Waals surface area contributed by atoms with E-state index in [4.69, 9.17) is 4.74 Å². The molecule has 1 N–H and O–H groups in total. The normalized spacial score (nSPS) is 16.1.